The highest BCUT2D eigenvalue weighted by Gasteiger charge is 2.35. The summed E-state index contributed by atoms with van der Waals surface area (Å²) in [4.78, 5) is 36.9. The monoisotopic (exact) mass is 364 g/mol. The number of ether oxygens (including phenoxy) is 1. The van der Waals surface area contributed by atoms with Crippen LogP contribution in [0.1, 0.15) is 20.7 Å². The average Bonchev–Trinajstić information content (AvgIpc) is 2.81. The molecule has 1 aliphatic heterocycles. The van der Waals surface area contributed by atoms with E-state index >= 15 is 0 Å². The molecule has 1 heterocycles. The molecule has 0 fully saturated rings. The molecule has 2 aromatic rings. The number of anilines is 1. The number of nitrogens with zero attached hydrogens (tertiary/aromatic N) is 1. The van der Waals surface area contributed by atoms with Gasteiger partial charge in [0.25, 0.3) is 11.8 Å². The van der Waals surface area contributed by atoms with Crippen LogP contribution in [-0.4, -0.2) is 29.5 Å². The second-order valence-corrected chi connectivity index (χ2v) is 5.71. The lowest BCUT2D eigenvalue weighted by Gasteiger charge is -2.14. The predicted molar refractivity (Wildman–Crippen MR) is 88.4 cm³/mol. The number of nitrogens with one attached hydrogen (secondary N) is 1. The van der Waals surface area contributed by atoms with Gasteiger partial charge in [-0.3, -0.25) is 14.9 Å². The van der Waals surface area contributed by atoms with Crippen molar-refractivity contribution in [1.29, 1.82) is 0 Å². The number of rotatable bonds is 3. The van der Waals surface area contributed by atoms with Crippen molar-refractivity contribution in [2.24, 2.45) is 0 Å². The fourth-order valence-corrected chi connectivity index (χ4v) is 2.51. The molecule has 0 aliphatic carbocycles. The number of carbonyl (C=O) groups excluding carboxylic acids is 3. The molecule has 0 radical (unpaired) electrons. The number of fused-ring (bicyclic) bond motifs is 1. The van der Waals surface area contributed by atoms with E-state index in [0.29, 0.717) is 10.7 Å². The van der Waals surface area contributed by atoms with Crippen molar-refractivity contribution in [1.82, 2.24) is 4.90 Å². The van der Waals surface area contributed by atoms with Gasteiger partial charge in [-0.25, -0.2) is 9.69 Å². The van der Waals surface area contributed by atoms with E-state index in [4.69, 9.17) is 27.9 Å². The molecule has 8 heteroatoms. The van der Waals surface area contributed by atoms with Crippen molar-refractivity contribution in [3.8, 4) is 0 Å². The molecule has 0 spiro atoms. The largest absolute Gasteiger partial charge is 0.427 e. The van der Waals surface area contributed by atoms with Crippen LogP contribution in [0.3, 0.4) is 0 Å². The van der Waals surface area contributed by atoms with E-state index in [2.05, 4.69) is 5.32 Å². The molecule has 3 rings (SSSR count). The molecule has 122 valence electrons. The number of hydrogen-bond donors (Lipinski definition) is 1. The first-order valence-electron chi connectivity index (χ1n) is 6.81. The summed E-state index contributed by atoms with van der Waals surface area (Å²) in [7, 11) is 0. The molecule has 3 amide bonds. The molecular formula is C16H10Cl2N2O4. The molecule has 0 atom stereocenters. The smallest absolute Gasteiger partial charge is 0.413 e. The fraction of sp³-hybridized carbons (Fsp3) is 0.0625. The Balaban J connectivity index is 1.62. The van der Waals surface area contributed by atoms with Crippen LogP contribution >= 0.6 is 23.2 Å². The molecule has 6 nitrogen and oxygen atoms in total. The zero-order chi connectivity index (χ0) is 17.3. The topological polar surface area (TPSA) is 75.7 Å². The van der Waals surface area contributed by atoms with E-state index in [-0.39, 0.29) is 16.1 Å². The van der Waals surface area contributed by atoms with Crippen LogP contribution in [0.5, 0.6) is 0 Å². The summed E-state index contributed by atoms with van der Waals surface area (Å²) in [6.07, 6.45) is -0.829. The van der Waals surface area contributed by atoms with Gasteiger partial charge in [0.05, 0.1) is 21.2 Å². The van der Waals surface area contributed by atoms with Gasteiger partial charge < -0.3 is 4.74 Å². The highest BCUT2D eigenvalue weighted by Crippen LogP contribution is 2.25. The standard InChI is InChI=1S/C16H10Cl2N2O4/c17-12-6-5-9(7-13(12)18)19-16(23)24-8-20-14(21)10-3-1-2-4-11(10)15(20)22/h1-7H,8H2,(H,19,23). The SMILES string of the molecule is O=C(Nc1ccc(Cl)c(Cl)c1)OCN1C(=O)c2ccccc2C1=O. The van der Waals surface area contributed by atoms with E-state index in [9.17, 15) is 14.4 Å². The minimum Gasteiger partial charge on any atom is -0.427 e. The van der Waals surface area contributed by atoms with Crippen LogP contribution in [0.25, 0.3) is 0 Å². The number of hydrogen-bond acceptors (Lipinski definition) is 4. The predicted octanol–water partition coefficient (Wildman–Crippen LogP) is 3.80. The van der Waals surface area contributed by atoms with Crippen LogP contribution in [0.2, 0.25) is 10.0 Å². The molecule has 0 saturated carbocycles. The number of halogens is 2. The van der Waals surface area contributed by atoms with Crippen LogP contribution in [0.4, 0.5) is 10.5 Å². The first-order valence-corrected chi connectivity index (χ1v) is 7.57. The molecule has 0 saturated heterocycles. The molecule has 1 aliphatic rings. The summed E-state index contributed by atoms with van der Waals surface area (Å²) in [6, 6.07) is 10.9. The first-order chi connectivity index (χ1) is 11.5. The number of benzene rings is 2. The Kier molecular flexibility index (Phi) is 4.42. The summed E-state index contributed by atoms with van der Waals surface area (Å²) in [5.74, 6) is -1.00. The van der Waals surface area contributed by atoms with Crippen LogP contribution in [0.15, 0.2) is 42.5 Å². The Morgan fingerprint density at radius 2 is 1.62 bits per heavy atom. The van der Waals surface area contributed by atoms with Crippen molar-refractivity contribution in [3.63, 3.8) is 0 Å². The summed E-state index contributed by atoms with van der Waals surface area (Å²) in [6.45, 7) is -0.487. The zero-order valence-electron chi connectivity index (χ0n) is 12.1. The molecule has 1 N–H and O–H groups in total. The van der Waals surface area contributed by atoms with E-state index in [1.54, 1.807) is 24.3 Å². The second-order valence-electron chi connectivity index (χ2n) is 4.90. The number of imide groups is 1. The maximum absolute atomic E-state index is 12.1. The molecule has 0 bridgehead atoms. The lowest BCUT2D eigenvalue weighted by atomic mass is 10.1. The van der Waals surface area contributed by atoms with Gasteiger partial charge in [0.1, 0.15) is 0 Å². The number of carbonyl (C=O) groups is 3. The normalized spacial score (nSPS) is 13.0. The number of amides is 3. The van der Waals surface area contributed by atoms with E-state index < -0.39 is 24.6 Å². The van der Waals surface area contributed by atoms with Crippen molar-refractivity contribution in [2.75, 3.05) is 12.0 Å². The summed E-state index contributed by atoms with van der Waals surface area (Å²) in [5, 5.41) is 3.05. The third kappa shape index (κ3) is 3.06. The molecular weight excluding hydrogens is 355 g/mol. The molecule has 0 aromatic heterocycles. The summed E-state index contributed by atoms with van der Waals surface area (Å²) >= 11 is 11.6. The van der Waals surface area contributed by atoms with E-state index in [1.807, 2.05) is 0 Å². The van der Waals surface area contributed by atoms with E-state index in [1.165, 1.54) is 18.2 Å². The Labute approximate surface area is 146 Å². The second kappa shape index (κ2) is 6.51. The van der Waals surface area contributed by atoms with Crippen LogP contribution < -0.4 is 5.32 Å². The Hall–Kier alpha value is -2.57. The van der Waals surface area contributed by atoms with Gasteiger partial charge in [-0.15, -0.1) is 0 Å². The van der Waals surface area contributed by atoms with Crippen molar-refractivity contribution in [2.45, 2.75) is 0 Å². The van der Waals surface area contributed by atoms with Crippen LogP contribution in [0, 0.1) is 0 Å². The Morgan fingerprint density at radius 3 is 2.21 bits per heavy atom. The van der Waals surface area contributed by atoms with Crippen LogP contribution in [-0.2, 0) is 4.74 Å². The summed E-state index contributed by atoms with van der Waals surface area (Å²) in [5.41, 5.74) is 0.948. The van der Waals surface area contributed by atoms with Gasteiger partial charge in [-0.2, -0.15) is 0 Å². The zero-order valence-corrected chi connectivity index (χ0v) is 13.6. The fourth-order valence-electron chi connectivity index (χ4n) is 2.21. The van der Waals surface area contributed by atoms with Crippen molar-refractivity contribution >= 4 is 46.8 Å². The highest BCUT2D eigenvalue weighted by atomic mass is 35.5. The average molecular weight is 365 g/mol. The van der Waals surface area contributed by atoms with Gasteiger partial charge in [0, 0.05) is 5.69 Å². The molecule has 2 aromatic carbocycles. The van der Waals surface area contributed by atoms with Gasteiger partial charge in [0.15, 0.2) is 6.73 Å². The van der Waals surface area contributed by atoms with E-state index in [0.717, 1.165) is 4.90 Å². The maximum atomic E-state index is 12.1. The summed E-state index contributed by atoms with van der Waals surface area (Å²) < 4.78 is 4.93. The molecule has 24 heavy (non-hydrogen) atoms. The minimum atomic E-state index is -0.829. The lowest BCUT2D eigenvalue weighted by molar-refractivity contribution is 0.0449. The third-order valence-corrected chi connectivity index (χ3v) is 4.11. The highest BCUT2D eigenvalue weighted by molar-refractivity contribution is 6.42. The van der Waals surface area contributed by atoms with Gasteiger partial charge in [-0.05, 0) is 30.3 Å². The molecule has 0 unspecified atom stereocenters. The lowest BCUT2D eigenvalue weighted by Crippen LogP contribution is -2.34. The van der Waals surface area contributed by atoms with Crippen molar-refractivity contribution in [3.05, 3.63) is 63.6 Å². The Morgan fingerprint density at radius 1 is 1.00 bits per heavy atom. The van der Waals surface area contributed by atoms with Gasteiger partial charge in [0.2, 0.25) is 0 Å². The van der Waals surface area contributed by atoms with Gasteiger partial charge in [-0.1, -0.05) is 35.3 Å². The quantitative estimate of drug-likeness (QED) is 0.840. The Bertz CT molecular complexity index is 819. The minimum absolute atomic E-state index is 0.273. The van der Waals surface area contributed by atoms with Gasteiger partial charge >= 0.3 is 6.09 Å². The van der Waals surface area contributed by atoms with Crippen molar-refractivity contribution < 1.29 is 19.1 Å². The first kappa shape index (κ1) is 16.3. The maximum Gasteiger partial charge on any atom is 0.413 e. The third-order valence-electron chi connectivity index (χ3n) is 3.37.